The quantitative estimate of drug-likeness (QED) is 0.161. The average Bonchev–Trinajstić information content (AvgIpc) is 2.86. The smallest absolute Gasteiger partial charge is 0.335 e. The zero-order valence-electron chi connectivity index (χ0n) is 22.1. The lowest BCUT2D eigenvalue weighted by molar-refractivity contribution is 0.0697. The number of carboxylic acid groups (broad SMARTS) is 1. The molecule has 0 saturated heterocycles. The lowest BCUT2D eigenvalue weighted by Crippen LogP contribution is -1.98. The molecule has 0 aromatic heterocycles. The van der Waals surface area contributed by atoms with E-state index < -0.39 is 5.97 Å². The molecule has 0 aliphatic rings. The number of allylic oxidation sites excluding steroid dienone is 2. The van der Waals surface area contributed by atoms with Crippen LogP contribution in [0.2, 0.25) is 0 Å². The molecule has 0 heterocycles. The van der Waals surface area contributed by atoms with Crippen molar-refractivity contribution < 1.29 is 14.6 Å². The molecule has 2 aromatic rings. The van der Waals surface area contributed by atoms with Crippen LogP contribution in [-0.2, 0) is 0 Å². The maximum atomic E-state index is 11.1. The Balaban J connectivity index is 1.48. The first-order valence-corrected chi connectivity index (χ1v) is 13.8. The Labute approximate surface area is 213 Å². The molecule has 0 unspecified atom stereocenters. The van der Waals surface area contributed by atoms with Gasteiger partial charge in [0.2, 0.25) is 0 Å². The maximum absolute atomic E-state index is 11.1. The predicted molar refractivity (Wildman–Crippen MR) is 149 cm³/mol. The molecule has 0 amide bonds. The fourth-order valence-corrected chi connectivity index (χ4v) is 4.39. The summed E-state index contributed by atoms with van der Waals surface area (Å²) >= 11 is 0. The van der Waals surface area contributed by atoms with Crippen molar-refractivity contribution in [3.63, 3.8) is 0 Å². The molecule has 0 spiro atoms. The first kappa shape index (κ1) is 28.7. The van der Waals surface area contributed by atoms with Gasteiger partial charge in [-0.3, -0.25) is 0 Å². The third-order valence-electron chi connectivity index (χ3n) is 6.56. The van der Waals surface area contributed by atoms with E-state index in [0.717, 1.165) is 35.5 Å². The van der Waals surface area contributed by atoms with Gasteiger partial charge in [-0.05, 0) is 80.0 Å². The Morgan fingerprint density at radius 2 is 1.34 bits per heavy atom. The molecular weight excluding hydrogens is 432 g/mol. The number of hydrogen-bond acceptors (Lipinski definition) is 2. The van der Waals surface area contributed by atoms with Crippen LogP contribution in [0.1, 0.15) is 113 Å². The maximum Gasteiger partial charge on any atom is 0.335 e. The minimum atomic E-state index is -0.894. The molecule has 2 rings (SSSR count). The lowest BCUT2D eigenvalue weighted by Gasteiger charge is -2.10. The van der Waals surface area contributed by atoms with Crippen LogP contribution in [0.25, 0.3) is 11.1 Å². The van der Waals surface area contributed by atoms with Gasteiger partial charge in [0.25, 0.3) is 0 Å². The van der Waals surface area contributed by atoms with Crippen molar-refractivity contribution in [1.82, 2.24) is 0 Å². The standard InChI is InChI=1S/C32H46O3/c1-3-4-5-6-7-8-9-10-11-12-13-14-15-16-17-18-25-35-30-22-19-28(20-23-30)31-24-21-29(32(33)34)26-27(31)2/h10-11,19-24,26H,3-9,12-18,25H2,1-2H3,(H,33,34). The number of carbonyl (C=O) groups is 1. The Morgan fingerprint density at radius 1 is 0.771 bits per heavy atom. The highest BCUT2D eigenvalue weighted by Crippen LogP contribution is 2.26. The van der Waals surface area contributed by atoms with Crippen LogP contribution in [0.5, 0.6) is 5.75 Å². The largest absolute Gasteiger partial charge is 0.494 e. The Kier molecular flexibility index (Phi) is 14.6. The van der Waals surface area contributed by atoms with E-state index >= 15 is 0 Å². The molecule has 3 nitrogen and oxygen atoms in total. The van der Waals surface area contributed by atoms with Gasteiger partial charge in [-0.2, -0.15) is 0 Å². The van der Waals surface area contributed by atoms with E-state index in [9.17, 15) is 4.79 Å². The van der Waals surface area contributed by atoms with Crippen molar-refractivity contribution in [1.29, 1.82) is 0 Å². The number of rotatable bonds is 19. The molecule has 192 valence electrons. The first-order chi connectivity index (χ1) is 17.1. The second kappa shape index (κ2) is 17.8. The molecule has 0 radical (unpaired) electrons. The van der Waals surface area contributed by atoms with Crippen LogP contribution < -0.4 is 4.74 Å². The van der Waals surface area contributed by atoms with Gasteiger partial charge >= 0.3 is 5.97 Å². The van der Waals surface area contributed by atoms with Gasteiger partial charge < -0.3 is 9.84 Å². The molecule has 0 aliphatic carbocycles. The van der Waals surface area contributed by atoms with Crippen LogP contribution in [0, 0.1) is 6.92 Å². The molecule has 0 aliphatic heterocycles. The molecule has 0 atom stereocenters. The minimum absolute atomic E-state index is 0.321. The summed E-state index contributed by atoms with van der Waals surface area (Å²) < 4.78 is 5.91. The van der Waals surface area contributed by atoms with E-state index in [0.29, 0.717) is 5.56 Å². The van der Waals surface area contributed by atoms with Crippen LogP contribution in [0.3, 0.4) is 0 Å². The SMILES string of the molecule is CCCCCCCCC=CCCCCCCCCOc1ccc(-c2ccc(C(=O)O)cc2C)cc1. The second-order valence-corrected chi connectivity index (χ2v) is 9.65. The fourth-order valence-electron chi connectivity index (χ4n) is 4.39. The molecule has 2 aromatic carbocycles. The number of carboxylic acids is 1. The van der Waals surface area contributed by atoms with E-state index in [-0.39, 0.29) is 0 Å². The summed E-state index contributed by atoms with van der Waals surface area (Å²) in [5.41, 5.74) is 3.41. The average molecular weight is 479 g/mol. The summed E-state index contributed by atoms with van der Waals surface area (Å²) in [5.74, 6) is -0.00376. The van der Waals surface area contributed by atoms with Gasteiger partial charge in [0, 0.05) is 0 Å². The van der Waals surface area contributed by atoms with Gasteiger partial charge in [0.05, 0.1) is 12.2 Å². The number of hydrogen-bond donors (Lipinski definition) is 1. The fraction of sp³-hybridized carbons (Fsp3) is 0.531. The summed E-state index contributed by atoms with van der Waals surface area (Å²) in [6.07, 6.45) is 23.1. The van der Waals surface area contributed by atoms with Crippen LogP contribution in [-0.4, -0.2) is 17.7 Å². The van der Waals surface area contributed by atoms with Crippen molar-refractivity contribution in [3.05, 3.63) is 65.7 Å². The van der Waals surface area contributed by atoms with E-state index in [1.165, 1.54) is 83.5 Å². The highest BCUT2D eigenvalue weighted by Gasteiger charge is 2.07. The molecule has 35 heavy (non-hydrogen) atoms. The Morgan fingerprint density at radius 3 is 1.91 bits per heavy atom. The highest BCUT2D eigenvalue weighted by atomic mass is 16.5. The van der Waals surface area contributed by atoms with Crippen molar-refractivity contribution >= 4 is 5.97 Å². The van der Waals surface area contributed by atoms with E-state index in [2.05, 4.69) is 19.1 Å². The van der Waals surface area contributed by atoms with E-state index in [4.69, 9.17) is 9.84 Å². The molecular formula is C32H46O3. The zero-order chi connectivity index (χ0) is 25.1. The molecule has 1 N–H and O–H groups in total. The topological polar surface area (TPSA) is 46.5 Å². The van der Waals surface area contributed by atoms with Crippen LogP contribution >= 0.6 is 0 Å². The molecule has 0 bridgehead atoms. The van der Waals surface area contributed by atoms with E-state index in [1.807, 2.05) is 37.3 Å². The lowest BCUT2D eigenvalue weighted by atomic mass is 9.98. The second-order valence-electron chi connectivity index (χ2n) is 9.65. The summed E-state index contributed by atoms with van der Waals surface area (Å²) in [7, 11) is 0. The van der Waals surface area contributed by atoms with Crippen LogP contribution in [0.15, 0.2) is 54.6 Å². The van der Waals surface area contributed by atoms with Gasteiger partial charge in [-0.15, -0.1) is 0 Å². The van der Waals surface area contributed by atoms with Gasteiger partial charge in [-0.25, -0.2) is 4.79 Å². The van der Waals surface area contributed by atoms with E-state index in [1.54, 1.807) is 12.1 Å². The van der Waals surface area contributed by atoms with Crippen molar-refractivity contribution in [3.8, 4) is 16.9 Å². The third kappa shape index (κ3) is 12.1. The number of ether oxygens (including phenoxy) is 1. The number of aryl methyl sites for hydroxylation is 1. The summed E-state index contributed by atoms with van der Waals surface area (Å²) in [5, 5.41) is 9.13. The zero-order valence-corrected chi connectivity index (χ0v) is 22.1. The van der Waals surface area contributed by atoms with Crippen molar-refractivity contribution in [2.45, 2.75) is 104 Å². The minimum Gasteiger partial charge on any atom is -0.494 e. The first-order valence-electron chi connectivity index (χ1n) is 13.8. The van der Waals surface area contributed by atoms with Gasteiger partial charge in [-0.1, -0.05) is 95.1 Å². The number of aromatic carboxylic acids is 1. The Hall–Kier alpha value is -2.55. The van der Waals surface area contributed by atoms with Crippen molar-refractivity contribution in [2.75, 3.05) is 6.61 Å². The number of benzene rings is 2. The predicted octanol–water partition coefficient (Wildman–Crippen LogP) is 9.78. The summed E-state index contributed by atoms with van der Waals surface area (Å²) in [6.45, 7) is 4.97. The monoisotopic (exact) mass is 478 g/mol. The summed E-state index contributed by atoms with van der Waals surface area (Å²) in [4.78, 5) is 11.1. The van der Waals surface area contributed by atoms with Gasteiger partial charge in [0.1, 0.15) is 5.75 Å². The van der Waals surface area contributed by atoms with Crippen LogP contribution in [0.4, 0.5) is 0 Å². The third-order valence-corrected chi connectivity index (χ3v) is 6.56. The summed E-state index contributed by atoms with van der Waals surface area (Å²) in [6, 6.07) is 13.3. The molecule has 3 heteroatoms. The van der Waals surface area contributed by atoms with Gasteiger partial charge in [0.15, 0.2) is 0 Å². The Bertz CT molecular complexity index is 867. The number of unbranched alkanes of at least 4 members (excludes halogenated alkanes) is 12. The highest BCUT2D eigenvalue weighted by molar-refractivity contribution is 5.89. The normalized spacial score (nSPS) is 11.3. The molecule has 0 fully saturated rings. The van der Waals surface area contributed by atoms with Crippen molar-refractivity contribution in [2.24, 2.45) is 0 Å². The molecule has 0 saturated carbocycles.